The number of amides is 3. The van der Waals surface area contributed by atoms with Crippen molar-refractivity contribution in [3.63, 3.8) is 0 Å². The van der Waals surface area contributed by atoms with Gasteiger partial charge in [0.25, 0.3) is 17.7 Å². The Morgan fingerprint density at radius 3 is 2.41 bits per heavy atom. The maximum absolute atomic E-state index is 15.7. The third kappa shape index (κ3) is 8.40. The summed E-state index contributed by atoms with van der Waals surface area (Å²) in [5.41, 5.74) is 8.51. The first-order valence-electron chi connectivity index (χ1n) is 19.8. The van der Waals surface area contributed by atoms with Crippen LogP contribution in [0.3, 0.4) is 0 Å². The number of imide groups is 1. The summed E-state index contributed by atoms with van der Waals surface area (Å²) >= 11 is 0. The van der Waals surface area contributed by atoms with Crippen LogP contribution in [0.5, 0.6) is 0 Å². The van der Waals surface area contributed by atoms with E-state index in [0.29, 0.717) is 38.0 Å². The number of benzene rings is 3. The summed E-state index contributed by atoms with van der Waals surface area (Å²) in [5, 5.41) is 13.3. The Bertz CT molecular complexity index is 2490. The lowest BCUT2D eigenvalue weighted by Crippen LogP contribution is -2.48. The fourth-order valence-electron chi connectivity index (χ4n) is 8.53. The molecule has 14 heteroatoms. The summed E-state index contributed by atoms with van der Waals surface area (Å²) in [6.07, 6.45) is 5.81. The monoisotopic (exact) mass is 800 g/mol. The number of halogens is 2. The zero-order chi connectivity index (χ0) is 41.5. The highest BCUT2D eigenvalue weighted by Crippen LogP contribution is 2.44. The predicted molar refractivity (Wildman–Crippen MR) is 216 cm³/mol. The number of hydrogen-bond acceptors (Lipinski definition) is 9. The van der Waals surface area contributed by atoms with E-state index in [-0.39, 0.29) is 41.9 Å². The molecule has 2 aliphatic heterocycles. The smallest absolute Gasteiger partial charge is 0.292 e. The first-order chi connectivity index (χ1) is 28.2. The van der Waals surface area contributed by atoms with Gasteiger partial charge in [-0.3, -0.25) is 24.6 Å². The lowest BCUT2D eigenvalue weighted by atomic mass is 9.67. The molecule has 0 saturated carbocycles. The number of piperidine rings is 2. The third-order valence-electron chi connectivity index (χ3n) is 11.9. The summed E-state index contributed by atoms with van der Waals surface area (Å²) in [6, 6.07) is 23.2. The molecule has 2 saturated heterocycles. The van der Waals surface area contributed by atoms with Gasteiger partial charge in [-0.2, -0.15) is 10.1 Å². The molecule has 3 unspecified atom stereocenters. The number of nitrogens with zero attached hydrogens (tertiary/aromatic N) is 6. The third-order valence-corrected chi connectivity index (χ3v) is 11.9. The van der Waals surface area contributed by atoms with Gasteiger partial charge in [-0.1, -0.05) is 86.6 Å². The summed E-state index contributed by atoms with van der Waals surface area (Å²) in [5.74, 6) is -5.57. The van der Waals surface area contributed by atoms with E-state index in [0.717, 1.165) is 56.5 Å². The van der Waals surface area contributed by atoms with Crippen LogP contribution in [0.15, 0.2) is 96.2 Å². The molecule has 0 radical (unpaired) electrons. The van der Waals surface area contributed by atoms with Gasteiger partial charge in [0.1, 0.15) is 6.33 Å². The Labute approximate surface area is 340 Å². The minimum absolute atomic E-state index is 0.0225. The molecule has 0 aliphatic carbocycles. The van der Waals surface area contributed by atoms with Crippen molar-refractivity contribution in [1.82, 2.24) is 40.3 Å². The van der Waals surface area contributed by atoms with Crippen molar-refractivity contribution in [3.8, 4) is 22.4 Å². The lowest BCUT2D eigenvalue weighted by molar-refractivity contribution is -0.138. The lowest BCUT2D eigenvalue weighted by Gasteiger charge is -2.40. The zero-order valence-electron chi connectivity index (χ0n) is 33.4. The first-order valence-corrected chi connectivity index (χ1v) is 19.8. The molecule has 5 heterocycles. The Morgan fingerprint density at radius 2 is 1.71 bits per heavy atom. The van der Waals surface area contributed by atoms with Crippen molar-refractivity contribution >= 4 is 23.2 Å². The van der Waals surface area contributed by atoms with Crippen LogP contribution in [0, 0.1) is 18.3 Å². The first kappa shape index (κ1) is 39.7. The zero-order valence-corrected chi connectivity index (χ0v) is 33.4. The summed E-state index contributed by atoms with van der Waals surface area (Å²) in [4.78, 5) is 47.6. The quantitative estimate of drug-likeness (QED) is 0.138. The molecule has 8 rings (SSSR count). The number of rotatable bonds is 10. The molecule has 2 fully saturated rings. The van der Waals surface area contributed by atoms with Crippen LogP contribution < -0.4 is 10.6 Å². The number of likely N-dealkylation sites (tertiary alicyclic amines) is 1. The highest BCUT2D eigenvalue weighted by molar-refractivity contribution is 6.01. The number of aryl methyl sites for hydroxylation is 1. The molecule has 2 aliphatic rings. The normalized spacial score (nSPS) is 19.8. The van der Waals surface area contributed by atoms with Gasteiger partial charge < -0.3 is 9.84 Å². The number of hydrogen-bond donors (Lipinski definition) is 2. The van der Waals surface area contributed by atoms with Crippen LogP contribution in [0.25, 0.3) is 27.9 Å². The van der Waals surface area contributed by atoms with E-state index in [4.69, 9.17) is 0 Å². The van der Waals surface area contributed by atoms with Crippen molar-refractivity contribution in [1.29, 1.82) is 0 Å². The molecule has 3 amide bonds. The van der Waals surface area contributed by atoms with Crippen LogP contribution >= 0.6 is 0 Å². The second kappa shape index (κ2) is 15.9. The van der Waals surface area contributed by atoms with E-state index >= 15 is 8.78 Å². The van der Waals surface area contributed by atoms with Crippen LogP contribution in [0.2, 0.25) is 0 Å². The van der Waals surface area contributed by atoms with Gasteiger partial charge in [-0.05, 0) is 83.2 Å². The van der Waals surface area contributed by atoms with E-state index in [2.05, 4.69) is 41.4 Å². The standard InChI is InChI=1S/C45H46F2N8O4/c1-27-19-32(13-14-33(27)22-48-43(58)41-50-26-59-53-41)40-37-20-34(23-55(37)51-25-49-40)29-7-5-28(6-8-29)15-17-54-18-16-35(45(46,47)24-54)30-9-11-31(12-10-30)39-36(44(2,3)4)21-38(56)52-42(39)57/h5-14,19-20,23,25-26,35-36,39H,15-18,21-22,24H2,1-4H3,(H,48,58)(H,52,56,57). The topological polar surface area (TPSA) is 148 Å². The molecule has 3 aromatic heterocycles. The van der Waals surface area contributed by atoms with Gasteiger partial charge in [0.05, 0.1) is 29.6 Å². The predicted octanol–water partition coefficient (Wildman–Crippen LogP) is 7.14. The van der Waals surface area contributed by atoms with E-state index in [1.165, 1.54) is 6.33 Å². The van der Waals surface area contributed by atoms with Crippen molar-refractivity contribution in [2.24, 2.45) is 11.3 Å². The largest absolute Gasteiger partial charge is 0.345 e. The minimum Gasteiger partial charge on any atom is -0.345 e. The molecule has 304 valence electrons. The number of alkyl halides is 2. The number of nitrogens with one attached hydrogen (secondary N) is 2. The summed E-state index contributed by atoms with van der Waals surface area (Å²) in [7, 11) is 0. The molecule has 3 aromatic carbocycles. The molecule has 6 aromatic rings. The van der Waals surface area contributed by atoms with Crippen LogP contribution in [0.1, 0.15) is 83.9 Å². The minimum atomic E-state index is -2.92. The van der Waals surface area contributed by atoms with E-state index < -0.39 is 23.7 Å². The Kier molecular flexibility index (Phi) is 10.7. The Morgan fingerprint density at radius 1 is 0.966 bits per heavy atom. The summed E-state index contributed by atoms with van der Waals surface area (Å²) in [6.45, 7) is 9.09. The highest BCUT2D eigenvalue weighted by Gasteiger charge is 2.46. The molecular formula is C45H46F2N8O4. The second-order valence-corrected chi connectivity index (χ2v) is 16.8. The van der Waals surface area contributed by atoms with Crippen molar-refractivity contribution in [2.75, 3.05) is 19.6 Å². The van der Waals surface area contributed by atoms with Crippen LogP contribution in [0.4, 0.5) is 8.78 Å². The maximum Gasteiger partial charge on any atom is 0.292 e. The average Bonchev–Trinajstić information content (AvgIpc) is 3.91. The highest BCUT2D eigenvalue weighted by atomic mass is 19.3. The molecule has 3 atom stereocenters. The second-order valence-electron chi connectivity index (χ2n) is 16.8. The molecule has 59 heavy (non-hydrogen) atoms. The van der Waals surface area contributed by atoms with Gasteiger partial charge in [-0.25, -0.2) is 18.3 Å². The molecule has 2 N–H and O–H groups in total. The Balaban J connectivity index is 0.880. The summed E-state index contributed by atoms with van der Waals surface area (Å²) < 4.78 is 37.9. The van der Waals surface area contributed by atoms with E-state index in [9.17, 15) is 14.4 Å². The number of carbonyl (C=O) groups excluding carboxylic acids is 3. The van der Waals surface area contributed by atoms with E-state index in [1.54, 1.807) is 28.8 Å². The fraction of sp³-hybridized carbons (Fsp3) is 0.356. The van der Waals surface area contributed by atoms with E-state index in [1.807, 2.05) is 81.3 Å². The Hall–Kier alpha value is -6.15. The number of aromatic nitrogens is 5. The van der Waals surface area contributed by atoms with Crippen LogP contribution in [-0.4, -0.2) is 72.9 Å². The van der Waals surface area contributed by atoms with Gasteiger partial charge in [0, 0.05) is 36.8 Å². The molecule has 12 nitrogen and oxygen atoms in total. The van der Waals surface area contributed by atoms with Crippen molar-refractivity contribution in [2.45, 2.75) is 71.3 Å². The average molecular weight is 801 g/mol. The van der Waals surface area contributed by atoms with Crippen LogP contribution in [-0.2, 0) is 22.6 Å². The van der Waals surface area contributed by atoms with Crippen molar-refractivity contribution in [3.05, 3.63) is 125 Å². The van der Waals surface area contributed by atoms with Gasteiger partial charge in [-0.15, -0.1) is 0 Å². The fourth-order valence-corrected chi connectivity index (χ4v) is 8.53. The number of carbonyl (C=O) groups is 3. The van der Waals surface area contributed by atoms with Crippen molar-refractivity contribution < 1.29 is 27.7 Å². The molecule has 0 spiro atoms. The van der Waals surface area contributed by atoms with Gasteiger partial charge in [0.15, 0.2) is 0 Å². The number of fused-ring (bicyclic) bond motifs is 1. The molecule has 0 bridgehead atoms. The van der Waals surface area contributed by atoms with Gasteiger partial charge in [0.2, 0.25) is 18.2 Å². The SMILES string of the molecule is Cc1cc(-c2ncnn3cc(-c4ccc(CCN5CCC(c6ccc(C7C(=O)NC(=O)CC7C(C)(C)C)cc6)C(F)(F)C5)cc4)cc23)ccc1CNC(=O)c1ncon1. The molecular weight excluding hydrogens is 755 g/mol. The maximum atomic E-state index is 15.7. The van der Waals surface area contributed by atoms with Gasteiger partial charge >= 0.3 is 0 Å².